The number of anilines is 1. The van der Waals surface area contributed by atoms with Crippen LogP contribution >= 0.6 is 34.8 Å². The van der Waals surface area contributed by atoms with Crippen molar-refractivity contribution in [3.8, 4) is 5.75 Å². The molecule has 20 heavy (non-hydrogen) atoms. The van der Waals surface area contributed by atoms with Crippen molar-refractivity contribution in [2.24, 2.45) is 0 Å². The summed E-state index contributed by atoms with van der Waals surface area (Å²) in [6.07, 6.45) is 0. The Morgan fingerprint density at radius 3 is 2.75 bits per heavy atom. The van der Waals surface area contributed by atoms with E-state index in [0.717, 1.165) is 0 Å². The van der Waals surface area contributed by atoms with E-state index in [1.54, 1.807) is 6.07 Å². The number of rotatable bonds is 3. The lowest BCUT2D eigenvalue weighted by molar-refractivity contribution is -0.139. The maximum Gasteiger partial charge on any atom is 0.322 e. The van der Waals surface area contributed by atoms with Crippen LogP contribution < -0.4 is 15.0 Å². The molecule has 1 aromatic rings. The van der Waals surface area contributed by atoms with Crippen molar-refractivity contribution in [3.05, 3.63) is 21.1 Å². The van der Waals surface area contributed by atoms with Crippen molar-refractivity contribution >= 4 is 46.5 Å². The third-order valence-corrected chi connectivity index (χ3v) is 4.36. The van der Waals surface area contributed by atoms with Gasteiger partial charge in [0.25, 0.3) is 0 Å². The second kappa shape index (κ2) is 6.26. The smallest absolute Gasteiger partial charge is 0.322 e. The highest BCUT2D eigenvalue weighted by atomic mass is 35.5. The number of methoxy groups -OCH3 is 1. The number of benzene rings is 1. The summed E-state index contributed by atoms with van der Waals surface area (Å²) in [5.74, 6) is -0.444. The normalized spacial score (nSPS) is 19.0. The Morgan fingerprint density at radius 1 is 1.45 bits per heavy atom. The number of hydrogen-bond acceptors (Lipinski definition) is 4. The van der Waals surface area contributed by atoms with E-state index < -0.39 is 12.0 Å². The zero-order valence-corrected chi connectivity index (χ0v) is 12.9. The molecule has 2 N–H and O–H groups in total. The fourth-order valence-corrected chi connectivity index (χ4v) is 2.83. The fraction of sp³-hybridized carbons (Fsp3) is 0.417. The van der Waals surface area contributed by atoms with Crippen molar-refractivity contribution in [2.75, 3.05) is 31.6 Å². The summed E-state index contributed by atoms with van der Waals surface area (Å²) >= 11 is 18.3. The standard InChI is InChI=1S/C12H13Cl3N2O3/c1-20-8-4-6(13)9(14)10(15)11(8)17-3-2-16-7(5-17)12(18)19/h4,7,16H,2-3,5H2,1H3,(H,18,19). The number of ether oxygens (including phenoxy) is 1. The van der Waals surface area contributed by atoms with Crippen LogP contribution in [0.2, 0.25) is 15.1 Å². The molecule has 1 unspecified atom stereocenters. The van der Waals surface area contributed by atoms with Crippen molar-refractivity contribution in [1.29, 1.82) is 0 Å². The molecule has 0 aliphatic carbocycles. The van der Waals surface area contributed by atoms with Gasteiger partial charge in [-0.2, -0.15) is 0 Å². The third kappa shape index (κ3) is 2.91. The van der Waals surface area contributed by atoms with Gasteiger partial charge in [-0.3, -0.25) is 4.79 Å². The molecule has 0 radical (unpaired) electrons. The van der Waals surface area contributed by atoms with Crippen LogP contribution in [0.4, 0.5) is 5.69 Å². The first-order valence-corrected chi connectivity index (χ1v) is 7.01. The number of halogens is 3. The van der Waals surface area contributed by atoms with Crippen LogP contribution in [0.3, 0.4) is 0 Å². The minimum Gasteiger partial charge on any atom is -0.494 e. The molecule has 0 saturated carbocycles. The fourth-order valence-electron chi connectivity index (χ4n) is 2.13. The second-order valence-electron chi connectivity index (χ2n) is 4.33. The van der Waals surface area contributed by atoms with Gasteiger partial charge in [-0.1, -0.05) is 34.8 Å². The molecule has 1 fully saturated rings. The minimum atomic E-state index is -0.912. The molecule has 0 amide bonds. The van der Waals surface area contributed by atoms with E-state index in [9.17, 15) is 4.79 Å². The van der Waals surface area contributed by atoms with Gasteiger partial charge < -0.3 is 20.1 Å². The largest absolute Gasteiger partial charge is 0.494 e. The van der Waals surface area contributed by atoms with E-state index in [4.69, 9.17) is 44.6 Å². The summed E-state index contributed by atoms with van der Waals surface area (Å²) in [4.78, 5) is 12.9. The Kier molecular flexibility index (Phi) is 4.86. The van der Waals surface area contributed by atoms with Gasteiger partial charge in [0.15, 0.2) is 0 Å². The van der Waals surface area contributed by atoms with E-state index in [2.05, 4.69) is 5.32 Å². The van der Waals surface area contributed by atoms with Gasteiger partial charge >= 0.3 is 5.97 Å². The van der Waals surface area contributed by atoms with Gasteiger partial charge in [0, 0.05) is 25.7 Å². The molecule has 110 valence electrons. The zero-order valence-electron chi connectivity index (χ0n) is 10.6. The molecular formula is C12H13Cl3N2O3. The molecule has 1 saturated heterocycles. The maximum atomic E-state index is 11.1. The van der Waals surface area contributed by atoms with Crippen molar-refractivity contribution in [3.63, 3.8) is 0 Å². The van der Waals surface area contributed by atoms with Gasteiger partial charge in [0.2, 0.25) is 0 Å². The number of aliphatic carboxylic acids is 1. The molecule has 1 aliphatic heterocycles. The van der Waals surface area contributed by atoms with E-state index in [-0.39, 0.29) is 16.6 Å². The summed E-state index contributed by atoms with van der Waals surface area (Å²) < 4.78 is 5.27. The molecule has 5 nitrogen and oxygen atoms in total. The van der Waals surface area contributed by atoms with Crippen LogP contribution in [-0.4, -0.2) is 43.9 Å². The van der Waals surface area contributed by atoms with Crippen molar-refractivity contribution < 1.29 is 14.6 Å². The summed E-state index contributed by atoms with van der Waals surface area (Å²) in [6, 6.07) is 0.905. The average Bonchev–Trinajstić information content (AvgIpc) is 2.44. The maximum absolute atomic E-state index is 11.1. The molecule has 1 heterocycles. The number of hydrogen-bond donors (Lipinski definition) is 2. The van der Waals surface area contributed by atoms with E-state index >= 15 is 0 Å². The van der Waals surface area contributed by atoms with Gasteiger partial charge in [0.05, 0.1) is 27.9 Å². The van der Waals surface area contributed by atoms with Crippen molar-refractivity contribution in [2.45, 2.75) is 6.04 Å². The summed E-state index contributed by atoms with van der Waals surface area (Å²) in [7, 11) is 1.50. The highest BCUT2D eigenvalue weighted by Crippen LogP contribution is 2.44. The quantitative estimate of drug-likeness (QED) is 0.829. The number of piperazine rings is 1. The summed E-state index contributed by atoms with van der Waals surface area (Å²) in [5, 5.41) is 12.8. The number of carbonyl (C=O) groups is 1. The summed E-state index contributed by atoms with van der Waals surface area (Å²) in [5.41, 5.74) is 0.566. The number of carboxylic acid groups (broad SMARTS) is 1. The predicted octanol–water partition coefficient (Wildman–Crippen LogP) is 2.52. The van der Waals surface area contributed by atoms with Gasteiger partial charge in [-0.25, -0.2) is 0 Å². The molecular weight excluding hydrogens is 327 g/mol. The van der Waals surface area contributed by atoms with Gasteiger partial charge in [-0.15, -0.1) is 0 Å². The Balaban J connectivity index is 2.41. The average molecular weight is 340 g/mol. The van der Waals surface area contributed by atoms with Gasteiger partial charge in [-0.05, 0) is 0 Å². The van der Waals surface area contributed by atoms with Crippen LogP contribution in [0, 0.1) is 0 Å². The van der Waals surface area contributed by atoms with Crippen molar-refractivity contribution in [1.82, 2.24) is 5.32 Å². The van der Waals surface area contributed by atoms with Gasteiger partial charge in [0.1, 0.15) is 11.8 Å². The van der Waals surface area contributed by atoms with E-state index in [1.807, 2.05) is 4.90 Å². The first-order valence-electron chi connectivity index (χ1n) is 5.88. The lowest BCUT2D eigenvalue weighted by Gasteiger charge is -2.34. The number of nitrogens with one attached hydrogen (secondary N) is 1. The summed E-state index contributed by atoms with van der Waals surface area (Å²) in [6.45, 7) is 1.39. The second-order valence-corrected chi connectivity index (χ2v) is 5.49. The molecule has 8 heteroatoms. The van der Waals surface area contributed by atoms with E-state index in [0.29, 0.717) is 29.5 Å². The lowest BCUT2D eigenvalue weighted by Crippen LogP contribution is -2.54. The third-order valence-electron chi connectivity index (χ3n) is 3.11. The Morgan fingerprint density at radius 2 is 2.15 bits per heavy atom. The monoisotopic (exact) mass is 338 g/mol. The topological polar surface area (TPSA) is 61.8 Å². The van der Waals surface area contributed by atoms with Crippen LogP contribution in [-0.2, 0) is 4.79 Å². The predicted molar refractivity (Wildman–Crippen MR) is 79.7 cm³/mol. The molecule has 1 atom stereocenters. The van der Waals surface area contributed by atoms with Crippen LogP contribution in [0.25, 0.3) is 0 Å². The molecule has 0 aromatic heterocycles. The van der Waals surface area contributed by atoms with E-state index in [1.165, 1.54) is 7.11 Å². The molecule has 1 aromatic carbocycles. The van der Waals surface area contributed by atoms with Crippen LogP contribution in [0.15, 0.2) is 6.07 Å². The number of carboxylic acids is 1. The molecule has 2 rings (SSSR count). The first kappa shape index (κ1) is 15.5. The Bertz CT molecular complexity index is 539. The minimum absolute atomic E-state index is 0.231. The lowest BCUT2D eigenvalue weighted by atomic mass is 10.1. The molecule has 1 aliphatic rings. The van der Waals surface area contributed by atoms with Crippen LogP contribution in [0.1, 0.15) is 0 Å². The SMILES string of the molecule is COc1cc(Cl)c(Cl)c(Cl)c1N1CCNC(C(=O)O)C1. The molecule has 0 bridgehead atoms. The highest BCUT2D eigenvalue weighted by Gasteiger charge is 2.29. The Labute approximate surface area is 131 Å². The first-order chi connectivity index (χ1) is 9.45. The van der Waals surface area contributed by atoms with Crippen LogP contribution in [0.5, 0.6) is 5.75 Å². The number of nitrogens with zero attached hydrogens (tertiary/aromatic N) is 1. The zero-order chi connectivity index (χ0) is 14.9. The highest BCUT2D eigenvalue weighted by molar-refractivity contribution is 6.49. The molecule has 0 spiro atoms. The Hall–Kier alpha value is -0.880.